The van der Waals surface area contributed by atoms with Crippen molar-refractivity contribution in [1.29, 1.82) is 0 Å². The normalized spacial score (nSPS) is 15.1. The topological polar surface area (TPSA) is 124 Å². The van der Waals surface area contributed by atoms with Gasteiger partial charge >= 0.3 is 6.09 Å². The van der Waals surface area contributed by atoms with Crippen LogP contribution in [-0.4, -0.2) is 61.4 Å². The second-order valence-electron chi connectivity index (χ2n) is 10.8. The molecule has 1 fully saturated rings. The van der Waals surface area contributed by atoms with Crippen LogP contribution < -0.4 is 15.4 Å². The number of ether oxygens (including phenoxy) is 2. The summed E-state index contributed by atoms with van der Waals surface area (Å²) in [5.41, 5.74) is 1.14. The summed E-state index contributed by atoms with van der Waals surface area (Å²) >= 11 is 0. The third-order valence-electron chi connectivity index (χ3n) is 6.37. The molecule has 11 nitrogen and oxygen atoms in total. The molecule has 0 saturated carbocycles. The zero-order valence-electron chi connectivity index (χ0n) is 23.1. The van der Waals surface area contributed by atoms with E-state index in [2.05, 4.69) is 25.7 Å². The van der Waals surface area contributed by atoms with Crippen molar-refractivity contribution in [3.8, 4) is 5.75 Å². The third kappa shape index (κ3) is 7.27. The highest BCUT2D eigenvalue weighted by atomic mass is 19.1. The molecule has 1 saturated heterocycles. The van der Waals surface area contributed by atoms with E-state index >= 15 is 0 Å². The van der Waals surface area contributed by atoms with Gasteiger partial charge in [-0.3, -0.25) is 9.48 Å². The molecule has 2 aromatic heterocycles. The minimum absolute atomic E-state index is 0.0459. The maximum absolute atomic E-state index is 13.4. The van der Waals surface area contributed by atoms with Gasteiger partial charge in [0.2, 0.25) is 5.91 Å². The summed E-state index contributed by atoms with van der Waals surface area (Å²) in [5.74, 6) is 0.437. The number of likely N-dealkylation sites (tertiary alicyclic amines) is 1. The maximum Gasteiger partial charge on any atom is 0.410 e. The van der Waals surface area contributed by atoms with Gasteiger partial charge in [-0.25, -0.2) is 19.2 Å². The molecule has 0 radical (unpaired) electrons. The Hall–Kier alpha value is -4.74. The van der Waals surface area contributed by atoms with Gasteiger partial charge in [0, 0.05) is 29.9 Å². The van der Waals surface area contributed by atoms with Crippen molar-refractivity contribution >= 4 is 40.1 Å². The van der Waals surface area contributed by atoms with Gasteiger partial charge < -0.3 is 25.0 Å². The van der Waals surface area contributed by atoms with Crippen molar-refractivity contribution in [2.24, 2.45) is 0 Å². The van der Waals surface area contributed by atoms with Crippen LogP contribution in [-0.2, 0) is 16.1 Å². The lowest BCUT2D eigenvalue weighted by molar-refractivity contribution is -0.116. The van der Waals surface area contributed by atoms with Gasteiger partial charge in [-0.15, -0.1) is 0 Å². The van der Waals surface area contributed by atoms with E-state index in [1.807, 2.05) is 39.0 Å². The molecule has 1 atom stereocenters. The van der Waals surface area contributed by atoms with Crippen molar-refractivity contribution in [2.75, 3.05) is 23.8 Å². The zero-order chi connectivity index (χ0) is 29.0. The molecule has 214 valence electrons. The predicted octanol–water partition coefficient (Wildman–Crippen LogP) is 5.13. The largest absolute Gasteiger partial charge is 0.491 e. The van der Waals surface area contributed by atoms with Gasteiger partial charge in [0.05, 0.1) is 23.4 Å². The van der Waals surface area contributed by atoms with Crippen LogP contribution in [0, 0.1) is 5.82 Å². The van der Waals surface area contributed by atoms with Crippen LogP contribution in [0.25, 0.3) is 10.9 Å². The number of carbonyl (C=O) groups is 2. The molecular formula is C29H32FN7O4. The lowest BCUT2D eigenvalue weighted by Gasteiger charge is -2.28. The molecule has 1 aliphatic heterocycles. The monoisotopic (exact) mass is 561 g/mol. The van der Waals surface area contributed by atoms with Crippen molar-refractivity contribution in [3.05, 3.63) is 67.0 Å². The van der Waals surface area contributed by atoms with Gasteiger partial charge in [0.1, 0.15) is 42.5 Å². The summed E-state index contributed by atoms with van der Waals surface area (Å²) in [6.45, 7) is 6.52. The highest BCUT2D eigenvalue weighted by Gasteiger charge is 2.32. The minimum Gasteiger partial charge on any atom is -0.491 e. The van der Waals surface area contributed by atoms with Crippen molar-refractivity contribution in [2.45, 2.75) is 51.8 Å². The summed E-state index contributed by atoms with van der Waals surface area (Å²) in [7, 11) is 0. The van der Waals surface area contributed by atoms with Crippen LogP contribution in [0.15, 0.2) is 61.2 Å². The van der Waals surface area contributed by atoms with Crippen LogP contribution in [0.3, 0.4) is 0 Å². The van der Waals surface area contributed by atoms with E-state index in [0.29, 0.717) is 41.6 Å². The molecule has 2 N–H and O–H groups in total. The van der Waals surface area contributed by atoms with Gasteiger partial charge in [0.15, 0.2) is 0 Å². The fourth-order valence-corrected chi connectivity index (χ4v) is 4.55. The Bertz CT molecular complexity index is 1550. The number of aromatic nitrogens is 4. The molecule has 1 aliphatic rings. The van der Waals surface area contributed by atoms with Crippen LogP contribution in [0.2, 0.25) is 0 Å². The van der Waals surface area contributed by atoms with Crippen molar-refractivity contribution < 1.29 is 23.5 Å². The summed E-state index contributed by atoms with van der Waals surface area (Å²) in [4.78, 5) is 35.4. The Morgan fingerprint density at radius 3 is 2.78 bits per heavy atom. The first-order valence-electron chi connectivity index (χ1n) is 13.3. The third-order valence-corrected chi connectivity index (χ3v) is 6.37. The lowest BCUT2D eigenvalue weighted by atomic mass is 10.2. The minimum atomic E-state index is -0.549. The van der Waals surface area contributed by atoms with E-state index < -0.39 is 11.4 Å². The number of fused-ring (bicyclic) bond motifs is 1. The molecule has 0 unspecified atom stereocenters. The molecule has 0 spiro atoms. The average Bonchev–Trinajstić information content (AvgIpc) is 3.56. The molecule has 12 heteroatoms. The Balaban J connectivity index is 1.20. The Morgan fingerprint density at radius 2 is 1.98 bits per heavy atom. The van der Waals surface area contributed by atoms with Crippen LogP contribution >= 0.6 is 0 Å². The highest BCUT2D eigenvalue weighted by Crippen LogP contribution is 2.27. The summed E-state index contributed by atoms with van der Waals surface area (Å²) in [6.07, 6.45) is 6.14. The fraction of sp³-hybridized carbons (Fsp3) is 0.345. The smallest absolute Gasteiger partial charge is 0.410 e. The molecule has 2 aromatic carbocycles. The number of carbonyl (C=O) groups excluding carboxylic acids is 2. The number of hydrogen-bond donors (Lipinski definition) is 2. The zero-order valence-corrected chi connectivity index (χ0v) is 23.1. The lowest BCUT2D eigenvalue weighted by Crippen LogP contribution is -2.42. The van der Waals surface area contributed by atoms with Gasteiger partial charge in [-0.1, -0.05) is 6.07 Å². The maximum atomic E-state index is 13.4. The number of hydrogen-bond acceptors (Lipinski definition) is 8. The van der Waals surface area contributed by atoms with E-state index in [-0.39, 0.29) is 24.6 Å². The Labute approximate surface area is 236 Å². The average molecular weight is 562 g/mol. The number of halogens is 1. The van der Waals surface area contributed by atoms with Crippen LogP contribution in [0.4, 0.5) is 26.4 Å². The van der Waals surface area contributed by atoms with Crippen LogP contribution in [0.1, 0.15) is 33.6 Å². The van der Waals surface area contributed by atoms with Crippen molar-refractivity contribution in [1.82, 2.24) is 24.6 Å². The summed E-state index contributed by atoms with van der Waals surface area (Å²) in [5, 5.41) is 10.9. The fourth-order valence-electron chi connectivity index (χ4n) is 4.55. The predicted molar refractivity (Wildman–Crippen MR) is 152 cm³/mol. The van der Waals surface area contributed by atoms with E-state index in [0.717, 1.165) is 18.2 Å². The van der Waals surface area contributed by atoms with E-state index in [9.17, 15) is 14.0 Å². The first kappa shape index (κ1) is 27.8. The number of nitrogens with one attached hydrogen (secondary N) is 2. The summed E-state index contributed by atoms with van der Waals surface area (Å²) < 4.78 is 26.4. The Kier molecular flexibility index (Phi) is 7.99. The highest BCUT2D eigenvalue weighted by molar-refractivity contribution is 5.92. The molecule has 41 heavy (non-hydrogen) atoms. The number of benzene rings is 2. The second kappa shape index (κ2) is 11.8. The number of rotatable bonds is 8. The second-order valence-corrected chi connectivity index (χ2v) is 10.8. The van der Waals surface area contributed by atoms with E-state index in [1.54, 1.807) is 23.4 Å². The van der Waals surface area contributed by atoms with Crippen LogP contribution in [0.5, 0.6) is 5.75 Å². The quantitative estimate of drug-likeness (QED) is 0.304. The van der Waals surface area contributed by atoms with Gasteiger partial charge in [-0.05, 0) is 63.9 Å². The Morgan fingerprint density at radius 1 is 1.12 bits per heavy atom. The summed E-state index contributed by atoms with van der Waals surface area (Å²) in [6, 6.07) is 11.2. The van der Waals surface area contributed by atoms with Gasteiger partial charge in [0.25, 0.3) is 0 Å². The number of anilines is 3. The molecule has 0 bridgehead atoms. The van der Waals surface area contributed by atoms with Crippen molar-refractivity contribution in [3.63, 3.8) is 0 Å². The SMILES string of the molecule is CC(C)(C)OC(=O)N1CCC[C@H]1COc1ccc2c(Nc3cnn(CC(=O)Nc4cccc(F)c4)c3)ncnc2c1. The molecule has 0 aliphatic carbocycles. The number of amides is 2. The number of nitrogens with zero attached hydrogens (tertiary/aromatic N) is 5. The van der Waals surface area contributed by atoms with Gasteiger partial charge in [-0.2, -0.15) is 5.10 Å². The first-order valence-corrected chi connectivity index (χ1v) is 13.3. The standard InChI is InChI=1S/C29H32FN7O4/c1-29(2,3)41-28(39)37-11-5-8-22(37)17-40-23-9-10-24-25(13-23)31-18-32-27(24)35-21-14-33-36(15-21)16-26(38)34-20-7-4-6-19(30)12-20/h4,6-7,9-10,12-15,18,22H,5,8,11,16-17H2,1-3H3,(H,34,38)(H,31,32,35)/t22-/m0/s1. The molecule has 4 aromatic rings. The van der Waals surface area contributed by atoms with E-state index in [1.165, 1.54) is 29.2 Å². The molecule has 2 amide bonds. The van der Waals surface area contributed by atoms with E-state index in [4.69, 9.17) is 9.47 Å². The molecule has 5 rings (SSSR count). The first-order chi connectivity index (χ1) is 19.6. The molecular weight excluding hydrogens is 529 g/mol. The molecule has 3 heterocycles.